The van der Waals surface area contributed by atoms with Crippen molar-refractivity contribution in [1.82, 2.24) is 4.90 Å². The van der Waals surface area contributed by atoms with E-state index in [1.54, 1.807) is 7.11 Å². The molecule has 0 spiro atoms. The molecule has 1 rings (SSSR count). The molecule has 0 aromatic carbocycles. The van der Waals surface area contributed by atoms with Gasteiger partial charge in [-0.05, 0) is 38.4 Å². The van der Waals surface area contributed by atoms with Gasteiger partial charge in [0.25, 0.3) is 0 Å². The Morgan fingerprint density at radius 1 is 1.44 bits per heavy atom. The van der Waals surface area contributed by atoms with Crippen molar-refractivity contribution in [3.8, 4) is 0 Å². The second-order valence-corrected chi connectivity index (χ2v) is 5.21. The lowest BCUT2D eigenvalue weighted by Crippen LogP contribution is -2.19. The van der Waals surface area contributed by atoms with Crippen LogP contribution in [0.15, 0.2) is 35.1 Å². The van der Waals surface area contributed by atoms with Gasteiger partial charge in [0, 0.05) is 13.0 Å². The van der Waals surface area contributed by atoms with E-state index < -0.39 is 0 Å². The van der Waals surface area contributed by atoms with E-state index in [9.17, 15) is 0 Å². The van der Waals surface area contributed by atoms with Crippen LogP contribution in [0.1, 0.15) is 33.6 Å². The molecule has 0 fully saturated rings. The van der Waals surface area contributed by atoms with Gasteiger partial charge in [-0.25, -0.2) is 0 Å². The molecular weight excluding hydrogens is 222 g/mol. The molecule has 2 nitrogen and oxygen atoms in total. The zero-order valence-corrected chi connectivity index (χ0v) is 12.5. The van der Waals surface area contributed by atoms with E-state index in [1.165, 1.54) is 11.1 Å². The number of allylic oxidation sites excluding steroid dienone is 4. The van der Waals surface area contributed by atoms with Crippen LogP contribution in [-0.4, -0.2) is 32.1 Å². The average Bonchev–Trinajstić information content (AvgIpc) is 2.34. The number of nitrogens with zero attached hydrogens (tertiary/aromatic N) is 1. The Labute approximate surface area is 112 Å². The molecule has 0 aliphatic heterocycles. The average molecular weight is 249 g/mol. The van der Waals surface area contributed by atoms with Crippen LogP contribution in [0, 0.1) is 5.92 Å². The first kappa shape index (κ1) is 15.0. The van der Waals surface area contributed by atoms with Crippen LogP contribution in [0.5, 0.6) is 0 Å². The third-order valence-corrected chi connectivity index (χ3v) is 3.50. The summed E-state index contributed by atoms with van der Waals surface area (Å²) in [5.74, 6) is 1.64. The summed E-state index contributed by atoms with van der Waals surface area (Å²) in [4.78, 5) is 2.33. The van der Waals surface area contributed by atoms with Crippen LogP contribution in [0.3, 0.4) is 0 Å². The SMILES string of the molecule is CCN(C)CCC1=C(OC)C/C(C)=C/C(C)C=C1. The third kappa shape index (κ3) is 4.69. The van der Waals surface area contributed by atoms with Crippen LogP contribution in [0.2, 0.25) is 0 Å². The smallest absolute Gasteiger partial charge is 0.103 e. The molecule has 0 amide bonds. The fourth-order valence-electron chi connectivity index (χ4n) is 2.19. The molecule has 1 unspecified atom stereocenters. The molecule has 0 heterocycles. The minimum atomic E-state index is 0.516. The molecule has 1 aliphatic carbocycles. The predicted octanol–water partition coefficient (Wildman–Crippen LogP) is 3.77. The Balaban J connectivity index is 2.84. The lowest BCUT2D eigenvalue weighted by molar-refractivity contribution is 0.275. The van der Waals surface area contributed by atoms with E-state index in [2.05, 4.69) is 50.9 Å². The minimum absolute atomic E-state index is 0.516. The maximum absolute atomic E-state index is 5.58. The first-order chi connectivity index (χ1) is 8.56. The van der Waals surface area contributed by atoms with Crippen molar-refractivity contribution < 1.29 is 4.74 Å². The fraction of sp³-hybridized carbons (Fsp3) is 0.625. The highest BCUT2D eigenvalue weighted by molar-refractivity contribution is 5.29. The van der Waals surface area contributed by atoms with Gasteiger partial charge in [-0.3, -0.25) is 0 Å². The van der Waals surface area contributed by atoms with Gasteiger partial charge >= 0.3 is 0 Å². The zero-order chi connectivity index (χ0) is 13.5. The van der Waals surface area contributed by atoms with Crippen molar-refractivity contribution in [1.29, 1.82) is 0 Å². The highest BCUT2D eigenvalue weighted by Gasteiger charge is 2.10. The number of rotatable bonds is 5. The summed E-state index contributed by atoms with van der Waals surface area (Å²) in [5.41, 5.74) is 2.74. The molecule has 0 saturated heterocycles. The van der Waals surface area contributed by atoms with Crippen molar-refractivity contribution in [3.05, 3.63) is 35.1 Å². The largest absolute Gasteiger partial charge is 0.500 e. The summed E-state index contributed by atoms with van der Waals surface area (Å²) < 4.78 is 5.58. The topological polar surface area (TPSA) is 12.5 Å². The predicted molar refractivity (Wildman–Crippen MR) is 78.5 cm³/mol. The van der Waals surface area contributed by atoms with E-state index in [1.807, 2.05) is 0 Å². The number of ether oxygens (including phenoxy) is 1. The second kappa shape index (κ2) is 7.42. The molecule has 0 N–H and O–H groups in total. The summed E-state index contributed by atoms with van der Waals surface area (Å²) in [6.07, 6.45) is 8.82. The van der Waals surface area contributed by atoms with E-state index in [0.717, 1.165) is 31.7 Å². The lowest BCUT2D eigenvalue weighted by atomic mass is 9.97. The van der Waals surface area contributed by atoms with Gasteiger partial charge in [-0.15, -0.1) is 0 Å². The van der Waals surface area contributed by atoms with E-state index >= 15 is 0 Å². The van der Waals surface area contributed by atoms with Crippen molar-refractivity contribution in [2.45, 2.75) is 33.6 Å². The summed E-state index contributed by atoms with van der Waals surface area (Å²) in [7, 11) is 3.94. The normalized spacial score (nSPS) is 23.7. The van der Waals surface area contributed by atoms with E-state index in [4.69, 9.17) is 4.74 Å². The Morgan fingerprint density at radius 2 is 2.17 bits per heavy atom. The summed E-state index contributed by atoms with van der Waals surface area (Å²) >= 11 is 0. The molecule has 18 heavy (non-hydrogen) atoms. The molecule has 0 saturated carbocycles. The Morgan fingerprint density at radius 3 is 2.78 bits per heavy atom. The summed E-state index contributed by atoms with van der Waals surface area (Å²) in [5, 5.41) is 0. The highest BCUT2D eigenvalue weighted by Crippen LogP contribution is 2.24. The highest BCUT2D eigenvalue weighted by atomic mass is 16.5. The van der Waals surface area contributed by atoms with Gasteiger partial charge < -0.3 is 9.64 Å². The van der Waals surface area contributed by atoms with Gasteiger partial charge in [-0.1, -0.05) is 37.6 Å². The monoisotopic (exact) mass is 249 g/mol. The molecule has 1 atom stereocenters. The van der Waals surface area contributed by atoms with Crippen LogP contribution in [0.25, 0.3) is 0 Å². The zero-order valence-electron chi connectivity index (χ0n) is 12.5. The van der Waals surface area contributed by atoms with Crippen molar-refractivity contribution in [3.63, 3.8) is 0 Å². The molecule has 0 bridgehead atoms. The first-order valence-electron chi connectivity index (χ1n) is 6.86. The minimum Gasteiger partial charge on any atom is -0.500 e. The van der Waals surface area contributed by atoms with Gasteiger partial charge in [0.1, 0.15) is 5.76 Å². The Bertz CT molecular complexity index is 352. The van der Waals surface area contributed by atoms with Gasteiger partial charge in [0.2, 0.25) is 0 Å². The van der Waals surface area contributed by atoms with Crippen molar-refractivity contribution >= 4 is 0 Å². The van der Waals surface area contributed by atoms with Crippen molar-refractivity contribution in [2.75, 3.05) is 27.2 Å². The first-order valence-corrected chi connectivity index (χ1v) is 6.86. The van der Waals surface area contributed by atoms with Gasteiger partial charge in [0.15, 0.2) is 0 Å². The maximum atomic E-state index is 5.58. The molecule has 2 heteroatoms. The Kier molecular flexibility index (Phi) is 6.20. The van der Waals surface area contributed by atoms with Gasteiger partial charge in [-0.2, -0.15) is 0 Å². The van der Waals surface area contributed by atoms with E-state index in [0.29, 0.717) is 5.92 Å². The Hall–Kier alpha value is -1.02. The van der Waals surface area contributed by atoms with E-state index in [-0.39, 0.29) is 0 Å². The van der Waals surface area contributed by atoms with Crippen LogP contribution in [0.4, 0.5) is 0 Å². The fourth-order valence-corrected chi connectivity index (χ4v) is 2.19. The van der Waals surface area contributed by atoms with Crippen LogP contribution < -0.4 is 0 Å². The summed E-state index contributed by atoms with van der Waals surface area (Å²) in [6.45, 7) is 8.78. The molecule has 0 aromatic rings. The van der Waals surface area contributed by atoms with Crippen LogP contribution >= 0.6 is 0 Å². The summed E-state index contributed by atoms with van der Waals surface area (Å²) in [6, 6.07) is 0. The quantitative estimate of drug-likeness (QED) is 0.688. The number of methoxy groups -OCH3 is 1. The lowest BCUT2D eigenvalue weighted by Gasteiger charge is -2.18. The number of hydrogen-bond acceptors (Lipinski definition) is 2. The molecular formula is C16H27NO. The maximum Gasteiger partial charge on any atom is 0.103 e. The van der Waals surface area contributed by atoms with Crippen LogP contribution in [-0.2, 0) is 4.74 Å². The molecule has 102 valence electrons. The standard InChI is InChI=1S/C16H27NO/c1-6-17(4)10-9-15-8-7-13(2)11-14(3)12-16(15)18-5/h7-8,11,13H,6,9-10,12H2,1-5H3/b8-7?,14-11+,16-15?. The van der Waals surface area contributed by atoms with Gasteiger partial charge in [0.05, 0.1) is 7.11 Å². The second-order valence-electron chi connectivity index (χ2n) is 5.21. The molecule has 1 aliphatic rings. The number of hydrogen-bond donors (Lipinski definition) is 0. The molecule has 0 aromatic heterocycles. The molecule has 0 radical (unpaired) electrons. The van der Waals surface area contributed by atoms with Crippen molar-refractivity contribution in [2.24, 2.45) is 5.92 Å². The third-order valence-electron chi connectivity index (χ3n) is 3.50.